The summed E-state index contributed by atoms with van der Waals surface area (Å²) in [5.74, 6) is 1.27. The second-order valence-electron chi connectivity index (χ2n) is 4.06. The number of benzene rings is 1. The van der Waals surface area contributed by atoms with Crippen LogP contribution in [-0.4, -0.2) is 6.36 Å². The normalized spacial score (nSPS) is 11.4. The summed E-state index contributed by atoms with van der Waals surface area (Å²) in [5, 5.41) is 3.04. The van der Waals surface area contributed by atoms with Gasteiger partial charge in [0.2, 0.25) is 0 Å². The predicted molar refractivity (Wildman–Crippen MR) is 71.6 cm³/mol. The molecule has 0 amide bonds. The highest BCUT2D eigenvalue weighted by Crippen LogP contribution is 2.32. The van der Waals surface area contributed by atoms with Crippen LogP contribution >= 0.6 is 15.9 Å². The van der Waals surface area contributed by atoms with Gasteiger partial charge in [-0.25, -0.2) is 0 Å². The number of hydrogen-bond donors (Lipinski definition) is 1. The van der Waals surface area contributed by atoms with Gasteiger partial charge in [0.1, 0.15) is 17.3 Å². The van der Waals surface area contributed by atoms with E-state index >= 15 is 0 Å². The maximum Gasteiger partial charge on any atom is 0.573 e. The highest BCUT2D eigenvalue weighted by molar-refractivity contribution is 9.10. The number of rotatable bonds is 4. The molecule has 0 bridgehead atoms. The van der Waals surface area contributed by atoms with Gasteiger partial charge in [0.15, 0.2) is 0 Å². The fraction of sp³-hybridized carbons (Fsp3) is 0.231. The SMILES string of the molecule is Cc1ccc(CNc2ccc(OC(F)(F)F)c(Br)c2)o1. The molecule has 0 aliphatic heterocycles. The maximum atomic E-state index is 12.1. The Morgan fingerprint density at radius 1 is 1.25 bits per heavy atom. The Balaban J connectivity index is 2.01. The molecular weight excluding hydrogens is 339 g/mol. The number of aryl methyl sites for hydroxylation is 1. The molecule has 1 heterocycles. The predicted octanol–water partition coefficient (Wildman–Crippen LogP) is 4.86. The molecule has 1 aromatic heterocycles. The Morgan fingerprint density at radius 3 is 2.55 bits per heavy atom. The fourth-order valence-corrected chi connectivity index (χ4v) is 2.05. The fourth-order valence-electron chi connectivity index (χ4n) is 1.59. The van der Waals surface area contributed by atoms with Gasteiger partial charge in [-0.15, -0.1) is 13.2 Å². The molecule has 0 fully saturated rings. The standard InChI is InChI=1S/C13H11BrF3NO2/c1-8-2-4-10(19-8)7-18-9-3-5-12(11(14)6-9)20-13(15,16)17/h2-6,18H,7H2,1H3. The summed E-state index contributed by atoms with van der Waals surface area (Å²) in [6.07, 6.45) is -4.71. The van der Waals surface area contributed by atoms with Crippen molar-refractivity contribution in [1.29, 1.82) is 0 Å². The quantitative estimate of drug-likeness (QED) is 0.855. The third-order valence-corrected chi connectivity index (χ3v) is 3.04. The highest BCUT2D eigenvalue weighted by atomic mass is 79.9. The molecule has 0 saturated heterocycles. The van der Waals surface area contributed by atoms with Crippen LogP contribution in [0.2, 0.25) is 0 Å². The first kappa shape index (κ1) is 14.8. The van der Waals surface area contributed by atoms with Crippen molar-refractivity contribution >= 4 is 21.6 Å². The number of ether oxygens (including phenoxy) is 1. The van der Waals surface area contributed by atoms with Crippen LogP contribution in [-0.2, 0) is 6.54 Å². The van der Waals surface area contributed by atoms with E-state index < -0.39 is 6.36 Å². The molecule has 0 aliphatic rings. The third kappa shape index (κ3) is 4.19. The summed E-state index contributed by atoms with van der Waals surface area (Å²) in [7, 11) is 0. The summed E-state index contributed by atoms with van der Waals surface area (Å²) in [4.78, 5) is 0. The van der Waals surface area contributed by atoms with E-state index in [9.17, 15) is 13.2 Å². The van der Waals surface area contributed by atoms with Crippen molar-refractivity contribution in [2.24, 2.45) is 0 Å². The molecule has 1 N–H and O–H groups in total. The van der Waals surface area contributed by atoms with Crippen LogP contribution in [0.3, 0.4) is 0 Å². The minimum atomic E-state index is -4.71. The Kier molecular flexibility index (Phi) is 4.27. The minimum absolute atomic E-state index is 0.218. The molecule has 0 spiro atoms. The topological polar surface area (TPSA) is 34.4 Å². The van der Waals surface area contributed by atoms with Crippen LogP contribution in [0.1, 0.15) is 11.5 Å². The van der Waals surface area contributed by atoms with Gasteiger partial charge in [0.05, 0.1) is 11.0 Å². The smallest absolute Gasteiger partial charge is 0.465 e. The maximum absolute atomic E-state index is 12.1. The van der Waals surface area contributed by atoms with Crippen molar-refractivity contribution in [3.63, 3.8) is 0 Å². The molecule has 3 nitrogen and oxygen atoms in total. The molecule has 1 aromatic carbocycles. The zero-order valence-electron chi connectivity index (χ0n) is 10.4. The van der Waals surface area contributed by atoms with Crippen molar-refractivity contribution < 1.29 is 22.3 Å². The van der Waals surface area contributed by atoms with Crippen LogP contribution in [0, 0.1) is 6.92 Å². The van der Waals surface area contributed by atoms with Crippen LogP contribution < -0.4 is 10.1 Å². The van der Waals surface area contributed by atoms with Crippen LogP contribution in [0.5, 0.6) is 5.75 Å². The second kappa shape index (κ2) is 5.78. The average molecular weight is 350 g/mol. The van der Waals surface area contributed by atoms with Crippen molar-refractivity contribution in [2.75, 3.05) is 5.32 Å². The van der Waals surface area contributed by atoms with E-state index in [1.54, 1.807) is 0 Å². The second-order valence-corrected chi connectivity index (χ2v) is 4.91. The molecule has 0 saturated carbocycles. The Bertz CT molecular complexity index is 596. The van der Waals surface area contributed by atoms with Gasteiger partial charge in [0.25, 0.3) is 0 Å². The van der Waals surface area contributed by atoms with Gasteiger partial charge in [-0.2, -0.15) is 0 Å². The third-order valence-electron chi connectivity index (χ3n) is 2.42. The molecule has 20 heavy (non-hydrogen) atoms. The monoisotopic (exact) mass is 349 g/mol. The summed E-state index contributed by atoms with van der Waals surface area (Å²) in [6.45, 7) is 2.28. The zero-order valence-corrected chi connectivity index (χ0v) is 12.0. The van der Waals surface area contributed by atoms with Gasteiger partial charge in [-0.1, -0.05) is 0 Å². The Hall–Kier alpha value is -1.63. The van der Waals surface area contributed by atoms with E-state index in [1.165, 1.54) is 18.2 Å². The summed E-state index contributed by atoms with van der Waals surface area (Å²) in [5.41, 5.74) is 0.653. The number of furan rings is 1. The minimum Gasteiger partial charge on any atom is -0.465 e. The Labute approximate surface area is 121 Å². The van der Waals surface area contributed by atoms with Gasteiger partial charge in [-0.05, 0) is 53.2 Å². The number of anilines is 1. The van der Waals surface area contributed by atoms with Crippen LogP contribution in [0.25, 0.3) is 0 Å². The van der Waals surface area contributed by atoms with E-state index in [-0.39, 0.29) is 10.2 Å². The lowest BCUT2D eigenvalue weighted by molar-refractivity contribution is -0.274. The molecule has 0 atom stereocenters. The van der Waals surface area contributed by atoms with Gasteiger partial charge < -0.3 is 14.5 Å². The van der Waals surface area contributed by atoms with Gasteiger partial charge in [-0.3, -0.25) is 0 Å². The van der Waals surface area contributed by atoms with Crippen molar-refractivity contribution in [1.82, 2.24) is 0 Å². The first-order valence-corrected chi connectivity index (χ1v) is 6.47. The molecular formula is C13H11BrF3NO2. The van der Waals surface area contributed by atoms with Crippen molar-refractivity contribution in [3.8, 4) is 5.75 Å². The van der Waals surface area contributed by atoms with Crippen LogP contribution in [0.4, 0.5) is 18.9 Å². The van der Waals surface area contributed by atoms with E-state index in [0.717, 1.165) is 11.5 Å². The number of hydrogen-bond acceptors (Lipinski definition) is 3. The first-order valence-electron chi connectivity index (χ1n) is 5.68. The van der Waals surface area contributed by atoms with Crippen molar-refractivity contribution in [2.45, 2.75) is 19.8 Å². The van der Waals surface area contributed by atoms with Crippen LogP contribution in [0.15, 0.2) is 39.2 Å². The first-order chi connectivity index (χ1) is 9.33. The van der Waals surface area contributed by atoms with E-state index in [4.69, 9.17) is 4.42 Å². The molecule has 0 unspecified atom stereocenters. The number of nitrogens with one attached hydrogen (secondary N) is 1. The lowest BCUT2D eigenvalue weighted by atomic mass is 10.3. The summed E-state index contributed by atoms with van der Waals surface area (Å²) in [6, 6.07) is 7.93. The van der Waals surface area contributed by atoms with Gasteiger partial charge >= 0.3 is 6.36 Å². The molecule has 2 rings (SSSR count). The Morgan fingerprint density at radius 2 is 2.00 bits per heavy atom. The molecule has 0 radical (unpaired) electrons. The van der Waals surface area contributed by atoms with E-state index in [0.29, 0.717) is 12.2 Å². The molecule has 108 valence electrons. The highest BCUT2D eigenvalue weighted by Gasteiger charge is 2.31. The van der Waals surface area contributed by atoms with E-state index in [1.807, 2.05) is 19.1 Å². The van der Waals surface area contributed by atoms with Crippen molar-refractivity contribution in [3.05, 3.63) is 46.3 Å². The number of halogens is 4. The molecule has 2 aromatic rings. The lowest BCUT2D eigenvalue weighted by Gasteiger charge is -2.12. The number of alkyl halides is 3. The summed E-state index contributed by atoms with van der Waals surface area (Å²) < 4.78 is 45.8. The average Bonchev–Trinajstić information content (AvgIpc) is 2.74. The lowest BCUT2D eigenvalue weighted by Crippen LogP contribution is -2.17. The molecule has 7 heteroatoms. The summed E-state index contributed by atoms with van der Waals surface area (Å²) >= 11 is 3.04. The van der Waals surface area contributed by atoms with E-state index in [2.05, 4.69) is 26.0 Å². The van der Waals surface area contributed by atoms with Gasteiger partial charge in [0, 0.05) is 5.69 Å². The molecule has 0 aliphatic carbocycles. The zero-order chi connectivity index (χ0) is 14.8. The largest absolute Gasteiger partial charge is 0.573 e.